The number of aromatic nitrogens is 2. The molecule has 5 heteroatoms. The molecule has 5 rings (SSSR count). The number of nitrogens with zero attached hydrogens (tertiary/aromatic N) is 3. The number of imidazole rings is 1. The molecule has 0 unspecified atom stereocenters. The summed E-state index contributed by atoms with van der Waals surface area (Å²) in [6.45, 7) is 5.04. The minimum Gasteiger partial charge on any atom is -0.486 e. The molecule has 2 heterocycles. The topological polar surface area (TPSA) is 47.4 Å². The lowest BCUT2D eigenvalue weighted by molar-refractivity contribution is -0.131. The summed E-state index contributed by atoms with van der Waals surface area (Å²) < 4.78 is 8.34. The van der Waals surface area contributed by atoms with Crippen LogP contribution < -0.4 is 4.74 Å². The van der Waals surface area contributed by atoms with E-state index in [1.165, 1.54) is 5.56 Å². The Hall–Kier alpha value is -3.60. The van der Waals surface area contributed by atoms with Crippen molar-refractivity contribution in [2.45, 2.75) is 39.3 Å². The number of hydrogen-bond acceptors (Lipinski definition) is 3. The summed E-state index contributed by atoms with van der Waals surface area (Å²) in [5.41, 5.74) is 4.44. The van der Waals surface area contributed by atoms with Crippen LogP contribution in [0.2, 0.25) is 0 Å². The summed E-state index contributed by atoms with van der Waals surface area (Å²) in [7, 11) is 0. The Morgan fingerprint density at radius 2 is 1.74 bits per heavy atom. The molecular weight excluding hydrogens is 422 g/mol. The number of benzene rings is 3. The highest BCUT2D eigenvalue weighted by atomic mass is 16.5. The molecule has 1 fully saturated rings. The van der Waals surface area contributed by atoms with E-state index in [0.717, 1.165) is 60.6 Å². The predicted octanol–water partition coefficient (Wildman–Crippen LogP) is 5.41. The van der Waals surface area contributed by atoms with Crippen LogP contribution in [-0.2, 0) is 24.4 Å². The maximum Gasteiger partial charge on any atom is 0.226 e. The highest BCUT2D eigenvalue weighted by Crippen LogP contribution is 2.25. The standard InChI is InChI=1S/C29H31N3O2/c1-22-8-7-9-24(18-22)19-29(33)31-16-14-23(15-17-31)20-32-27-13-6-5-12-26(27)30-28(32)21-34-25-10-3-2-4-11-25/h2-13,18,23H,14-17,19-21H2,1H3. The van der Waals surface area contributed by atoms with E-state index in [4.69, 9.17) is 9.72 Å². The molecule has 1 saturated heterocycles. The van der Waals surface area contributed by atoms with Crippen molar-refractivity contribution in [1.29, 1.82) is 0 Å². The molecule has 0 atom stereocenters. The Bertz CT molecular complexity index is 1260. The van der Waals surface area contributed by atoms with Crippen LogP contribution in [0.15, 0.2) is 78.9 Å². The summed E-state index contributed by atoms with van der Waals surface area (Å²) in [5.74, 6) is 2.54. The van der Waals surface area contributed by atoms with E-state index in [0.29, 0.717) is 18.9 Å². The van der Waals surface area contributed by atoms with Crippen molar-refractivity contribution in [2.75, 3.05) is 13.1 Å². The van der Waals surface area contributed by atoms with Crippen LogP contribution in [0.5, 0.6) is 5.75 Å². The normalized spacial score (nSPS) is 14.4. The first-order chi connectivity index (χ1) is 16.7. The Morgan fingerprint density at radius 3 is 2.53 bits per heavy atom. The monoisotopic (exact) mass is 453 g/mol. The number of carbonyl (C=O) groups is 1. The van der Waals surface area contributed by atoms with Gasteiger partial charge in [0.1, 0.15) is 18.2 Å². The van der Waals surface area contributed by atoms with Crippen molar-refractivity contribution in [3.63, 3.8) is 0 Å². The molecule has 0 spiro atoms. The van der Waals surface area contributed by atoms with E-state index in [2.05, 4.69) is 41.8 Å². The fraction of sp³-hybridized carbons (Fsp3) is 0.310. The first-order valence-electron chi connectivity index (χ1n) is 12.1. The van der Waals surface area contributed by atoms with Gasteiger partial charge < -0.3 is 14.2 Å². The lowest BCUT2D eigenvalue weighted by Crippen LogP contribution is -2.40. The number of likely N-dealkylation sites (tertiary alicyclic amines) is 1. The largest absolute Gasteiger partial charge is 0.486 e. The van der Waals surface area contributed by atoms with Gasteiger partial charge in [-0.2, -0.15) is 0 Å². The van der Waals surface area contributed by atoms with Crippen LogP contribution in [-0.4, -0.2) is 33.4 Å². The minimum absolute atomic E-state index is 0.231. The van der Waals surface area contributed by atoms with Gasteiger partial charge in [-0.1, -0.05) is 60.2 Å². The number of aryl methyl sites for hydroxylation is 1. The van der Waals surface area contributed by atoms with Gasteiger partial charge in [-0.25, -0.2) is 4.98 Å². The number of carbonyl (C=O) groups excluding carboxylic acids is 1. The van der Waals surface area contributed by atoms with Crippen molar-refractivity contribution in [3.05, 3.63) is 95.8 Å². The quantitative estimate of drug-likeness (QED) is 0.376. The summed E-state index contributed by atoms with van der Waals surface area (Å²) >= 11 is 0. The van der Waals surface area contributed by atoms with E-state index < -0.39 is 0 Å². The van der Waals surface area contributed by atoms with Crippen LogP contribution in [0.25, 0.3) is 11.0 Å². The maximum absolute atomic E-state index is 12.8. The van der Waals surface area contributed by atoms with Gasteiger partial charge in [0.05, 0.1) is 17.5 Å². The number of fused-ring (bicyclic) bond motifs is 1. The molecule has 0 N–H and O–H groups in total. The Balaban J connectivity index is 1.23. The Labute approximate surface area is 201 Å². The number of hydrogen-bond donors (Lipinski definition) is 0. The minimum atomic E-state index is 0.231. The lowest BCUT2D eigenvalue weighted by atomic mass is 9.96. The number of amides is 1. The van der Waals surface area contributed by atoms with Gasteiger partial charge in [0.2, 0.25) is 5.91 Å². The van der Waals surface area contributed by atoms with Crippen LogP contribution in [0.4, 0.5) is 0 Å². The predicted molar refractivity (Wildman–Crippen MR) is 135 cm³/mol. The highest BCUT2D eigenvalue weighted by Gasteiger charge is 2.24. The summed E-state index contributed by atoms with van der Waals surface area (Å²) in [6.07, 6.45) is 2.50. The molecule has 34 heavy (non-hydrogen) atoms. The zero-order chi connectivity index (χ0) is 23.3. The molecule has 0 radical (unpaired) electrons. The van der Waals surface area contributed by atoms with Gasteiger partial charge >= 0.3 is 0 Å². The number of piperidine rings is 1. The maximum atomic E-state index is 12.8. The fourth-order valence-electron chi connectivity index (χ4n) is 4.84. The van der Waals surface area contributed by atoms with Crippen molar-refractivity contribution in [1.82, 2.24) is 14.5 Å². The second-order valence-corrected chi connectivity index (χ2v) is 9.22. The molecule has 0 aliphatic carbocycles. The van der Waals surface area contributed by atoms with E-state index >= 15 is 0 Å². The number of rotatable bonds is 7. The van der Waals surface area contributed by atoms with E-state index in [1.807, 2.05) is 53.4 Å². The molecule has 0 bridgehead atoms. The third kappa shape index (κ3) is 5.14. The lowest BCUT2D eigenvalue weighted by Gasteiger charge is -2.32. The van der Waals surface area contributed by atoms with Crippen molar-refractivity contribution < 1.29 is 9.53 Å². The average Bonchev–Trinajstić information content (AvgIpc) is 3.21. The van der Waals surface area contributed by atoms with E-state index in [9.17, 15) is 4.79 Å². The fourth-order valence-corrected chi connectivity index (χ4v) is 4.84. The second kappa shape index (κ2) is 10.1. The number of ether oxygens (including phenoxy) is 1. The highest BCUT2D eigenvalue weighted by molar-refractivity contribution is 5.79. The number of para-hydroxylation sites is 3. The zero-order valence-electron chi connectivity index (χ0n) is 19.7. The molecule has 1 aliphatic heterocycles. The van der Waals surface area contributed by atoms with Crippen LogP contribution in [0.3, 0.4) is 0 Å². The Morgan fingerprint density at radius 1 is 0.971 bits per heavy atom. The van der Waals surface area contributed by atoms with Crippen molar-refractivity contribution in [3.8, 4) is 5.75 Å². The Kier molecular flexibility index (Phi) is 6.61. The summed E-state index contributed by atoms with van der Waals surface area (Å²) in [5, 5.41) is 0. The molecule has 1 aromatic heterocycles. The molecule has 1 aliphatic rings. The second-order valence-electron chi connectivity index (χ2n) is 9.22. The zero-order valence-corrected chi connectivity index (χ0v) is 19.7. The molecule has 4 aromatic rings. The molecule has 0 saturated carbocycles. The van der Waals surface area contributed by atoms with Gasteiger partial charge in [-0.15, -0.1) is 0 Å². The third-order valence-electron chi connectivity index (χ3n) is 6.69. The molecule has 1 amide bonds. The van der Waals surface area contributed by atoms with Crippen molar-refractivity contribution in [2.24, 2.45) is 5.92 Å². The van der Waals surface area contributed by atoms with E-state index in [-0.39, 0.29) is 5.91 Å². The van der Waals surface area contributed by atoms with Gasteiger partial charge in [0.15, 0.2) is 0 Å². The summed E-state index contributed by atoms with van der Waals surface area (Å²) in [4.78, 5) is 19.7. The molecular formula is C29H31N3O2. The molecule has 174 valence electrons. The third-order valence-corrected chi connectivity index (χ3v) is 6.69. The smallest absolute Gasteiger partial charge is 0.226 e. The average molecular weight is 454 g/mol. The van der Waals surface area contributed by atoms with Crippen LogP contribution in [0, 0.1) is 12.8 Å². The van der Waals surface area contributed by atoms with Gasteiger partial charge in [-0.05, 0) is 55.5 Å². The van der Waals surface area contributed by atoms with Gasteiger partial charge in [0, 0.05) is 19.6 Å². The molecule has 3 aromatic carbocycles. The first-order valence-corrected chi connectivity index (χ1v) is 12.1. The van der Waals surface area contributed by atoms with Crippen LogP contribution >= 0.6 is 0 Å². The van der Waals surface area contributed by atoms with E-state index in [1.54, 1.807) is 0 Å². The molecule has 5 nitrogen and oxygen atoms in total. The van der Waals surface area contributed by atoms with Crippen LogP contribution in [0.1, 0.15) is 29.8 Å². The van der Waals surface area contributed by atoms with Gasteiger partial charge in [-0.3, -0.25) is 4.79 Å². The first kappa shape index (κ1) is 22.2. The SMILES string of the molecule is Cc1cccc(CC(=O)N2CCC(Cn3c(COc4ccccc4)nc4ccccc43)CC2)c1. The van der Waals surface area contributed by atoms with Crippen molar-refractivity contribution >= 4 is 16.9 Å². The summed E-state index contributed by atoms with van der Waals surface area (Å²) in [6, 6.07) is 26.4. The van der Waals surface area contributed by atoms with Gasteiger partial charge in [0.25, 0.3) is 0 Å².